The lowest BCUT2D eigenvalue weighted by molar-refractivity contribution is -0.379. The molecule has 0 aromatic carbocycles. The summed E-state index contributed by atoms with van der Waals surface area (Å²) in [7, 11) is 0. The van der Waals surface area contributed by atoms with Gasteiger partial charge in [0.2, 0.25) is 5.91 Å². The molecule has 17 unspecified atom stereocenters. The van der Waals surface area contributed by atoms with Crippen molar-refractivity contribution in [2.45, 2.75) is 362 Å². The van der Waals surface area contributed by atoms with Crippen molar-refractivity contribution in [2.24, 2.45) is 0 Å². The normalized spacial score (nSPS) is 29.7. The fourth-order valence-corrected chi connectivity index (χ4v) is 11.6. The zero-order valence-electron chi connectivity index (χ0n) is 50.3. The van der Waals surface area contributed by atoms with Crippen LogP contribution in [0.25, 0.3) is 0 Å². The van der Waals surface area contributed by atoms with E-state index in [1.54, 1.807) is 0 Å². The van der Waals surface area contributed by atoms with E-state index in [2.05, 4.69) is 19.2 Å². The maximum absolute atomic E-state index is 13.4. The minimum atomic E-state index is -1.97. The van der Waals surface area contributed by atoms with Gasteiger partial charge in [-0.05, 0) is 12.8 Å². The van der Waals surface area contributed by atoms with E-state index in [-0.39, 0.29) is 18.9 Å². The summed E-state index contributed by atoms with van der Waals surface area (Å²) in [5.74, 6) is -0.238. The summed E-state index contributed by atoms with van der Waals surface area (Å²) in [5, 5.41) is 120. The van der Waals surface area contributed by atoms with Crippen LogP contribution >= 0.6 is 0 Å². The van der Waals surface area contributed by atoms with Gasteiger partial charge in [0, 0.05) is 6.42 Å². The molecule has 1 amide bonds. The van der Waals surface area contributed by atoms with E-state index in [0.29, 0.717) is 12.8 Å². The van der Waals surface area contributed by atoms with Crippen molar-refractivity contribution in [3.63, 3.8) is 0 Å². The molecular formula is C62H119NO18. The van der Waals surface area contributed by atoms with Crippen molar-refractivity contribution in [1.29, 1.82) is 0 Å². The Morgan fingerprint density at radius 1 is 0.395 bits per heavy atom. The van der Waals surface area contributed by atoms with Gasteiger partial charge in [-0.3, -0.25) is 4.79 Å². The summed E-state index contributed by atoms with van der Waals surface area (Å²) >= 11 is 0. The average Bonchev–Trinajstić information content (AvgIpc) is 3.51. The molecule has 12 N–H and O–H groups in total. The topological polar surface area (TPSA) is 307 Å². The molecule has 19 nitrogen and oxygen atoms in total. The molecule has 3 fully saturated rings. The quantitative estimate of drug-likeness (QED) is 0.0269. The Bertz CT molecular complexity index is 1490. The van der Waals surface area contributed by atoms with Crippen molar-refractivity contribution in [1.82, 2.24) is 5.32 Å². The lowest BCUT2D eigenvalue weighted by atomic mass is 9.96. The van der Waals surface area contributed by atoms with E-state index in [1.807, 2.05) is 0 Å². The fourth-order valence-electron chi connectivity index (χ4n) is 11.6. The SMILES string of the molecule is CCCCCCCCCCCCCCCCCCCCCCCCCCCC(=O)NC(COC1OC(CO)C(OC2OC(CO)C(OC3OC(CO)C(O)C(O)C3O)C(O)C2O)C(O)C1O)C(O)CCCCCCCCCCCCC. The lowest BCUT2D eigenvalue weighted by Gasteiger charge is -2.48. The number of carbonyl (C=O) groups is 1. The van der Waals surface area contributed by atoms with Crippen LogP contribution in [0, 0.1) is 0 Å². The zero-order valence-corrected chi connectivity index (χ0v) is 50.3. The Balaban J connectivity index is 1.40. The van der Waals surface area contributed by atoms with Gasteiger partial charge in [0.1, 0.15) is 73.2 Å². The van der Waals surface area contributed by atoms with Gasteiger partial charge in [0.05, 0.1) is 38.6 Å². The molecule has 3 heterocycles. The number of amides is 1. The second-order valence-corrected chi connectivity index (χ2v) is 23.9. The van der Waals surface area contributed by atoms with Crippen LogP contribution in [0.2, 0.25) is 0 Å². The predicted octanol–water partition coefficient (Wildman–Crippen LogP) is 7.16. The maximum atomic E-state index is 13.4. The van der Waals surface area contributed by atoms with Gasteiger partial charge < -0.3 is 89.9 Å². The summed E-state index contributed by atoms with van der Waals surface area (Å²) < 4.78 is 34.3. The molecule has 0 bridgehead atoms. The van der Waals surface area contributed by atoms with Crippen LogP contribution < -0.4 is 5.32 Å². The molecule has 3 aliphatic heterocycles. The molecule has 0 radical (unpaired) electrons. The Morgan fingerprint density at radius 2 is 0.704 bits per heavy atom. The number of nitrogens with one attached hydrogen (secondary N) is 1. The highest BCUT2D eigenvalue weighted by molar-refractivity contribution is 5.76. The van der Waals surface area contributed by atoms with E-state index in [4.69, 9.17) is 28.4 Å². The van der Waals surface area contributed by atoms with Gasteiger partial charge in [0.25, 0.3) is 0 Å². The maximum Gasteiger partial charge on any atom is 0.220 e. The van der Waals surface area contributed by atoms with Crippen LogP contribution in [0.5, 0.6) is 0 Å². The van der Waals surface area contributed by atoms with E-state index in [0.717, 1.165) is 44.9 Å². The minimum Gasteiger partial charge on any atom is -0.394 e. The smallest absolute Gasteiger partial charge is 0.220 e. The second kappa shape index (κ2) is 46.0. The molecule has 3 aliphatic rings. The third-order valence-electron chi connectivity index (χ3n) is 16.9. The van der Waals surface area contributed by atoms with Crippen molar-refractivity contribution in [3.8, 4) is 0 Å². The first-order valence-electron chi connectivity index (χ1n) is 32.8. The second-order valence-electron chi connectivity index (χ2n) is 23.9. The molecular weight excluding hydrogens is 1050 g/mol. The van der Waals surface area contributed by atoms with Crippen LogP contribution in [-0.4, -0.2) is 193 Å². The number of carbonyl (C=O) groups excluding carboxylic acids is 1. The molecule has 480 valence electrons. The van der Waals surface area contributed by atoms with Gasteiger partial charge in [-0.2, -0.15) is 0 Å². The first-order chi connectivity index (χ1) is 39.3. The summed E-state index contributed by atoms with van der Waals surface area (Å²) in [6.45, 7) is 1.80. The highest BCUT2D eigenvalue weighted by Gasteiger charge is 2.53. The molecule has 0 spiro atoms. The van der Waals surface area contributed by atoms with E-state index in [1.165, 1.54) is 180 Å². The molecule has 19 heteroatoms. The summed E-state index contributed by atoms with van der Waals surface area (Å²) in [6, 6.07) is -0.879. The number of aliphatic hydroxyl groups is 11. The average molecular weight is 1170 g/mol. The number of hydrogen-bond donors (Lipinski definition) is 12. The standard InChI is InChI=1S/C62H119NO18/c1-3-5-7-9-11-13-15-16-17-18-19-20-21-22-23-24-25-26-27-28-30-32-34-36-38-40-50(68)63-45(46(67)39-37-35-33-31-29-14-12-10-8-6-4-2)44-76-60-56(74)53(71)58(48(42-65)78-60)81-62-57(75)54(72)59(49(43-66)79-62)80-61-55(73)52(70)51(69)47(41-64)77-61/h45-49,51-62,64-67,69-75H,3-44H2,1-2H3,(H,63,68). The number of aliphatic hydroxyl groups excluding tert-OH is 11. The van der Waals surface area contributed by atoms with E-state index < -0.39 is 124 Å². The van der Waals surface area contributed by atoms with E-state index >= 15 is 0 Å². The molecule has 3 saturated heterocycles. The van der Waals surface area contributed by atoms with E-state index in [9.17, 15) is 61.0 Å². The highest BCUT2D eigenvalue weighted by atomic mass is 16.8. The van der Waals surface area contributed by atoms with Crippen molar-refractivity contribution < 1.29 is 89.4 Å². The van der Waals surface area contributed by atoms with Crippen molar-refractivity contribution in [3.05, 3.63) is 0 Å². The number of hydrogen-bond acceptors (Lipinski definition) is 18. The molecule has 0 saturated carbocycles. The predicted molar refractivity (Wildman–Crippen MR) is 310 cm³/mol. The van der Waals surface area contributed by atoms with Gasteiger partial charge in [0.15, 0.2) is 18.9 Å². The Kier molecular flexibility index (Phi) is 42.1. The fraction of sp³-hybridized carbons (Fsp3) is 0.984. The summed E-state index contributed by atoms with van der Waals surface area (Å²) in [6.07, 6.45) is 19.2. The van der Waals surface area contributed by atoms with Crippen LogP contribution in [0.4, 0.5) is 0 Å². The number of rotatable bonds is 50. The van der Waals surface area contributed by atoms with Crippen LogP contribution in [0.15, 0.2) is 0 Å². The zero-order chi connectivity index (χ0) is 59.0. The van der Waals surface area contributed by atoms with Crippen LogP contribution in [-0.2, 0) is 33.2 Å². The number of ether oxygens (including phenoxy) is 6. The molecule has 0 aromatic rings. The van der Waals surface area contributed by atoms with Crippen LogP contribution in [0.1, 0.15) is 258 Å². The lowest BCUT2D eigenvalue weighted by Crippen LogP contribution is -2.66. The third-order valence-corrected chi connectivity index (χ3v) is 16.9. The van der Waals surface area contributed by atoms with Gasteiger partial charge in [-0.25, -0.2) is 0 Å². The number of unbranched alkanes of at least 4 members (excludes halogenated alkanes) is 34. The Labute approximate surface area is 487 Å². The summed E-state index contributed by atoms with van der Waals surface area (Å²) in [4.78, 5) is 13.4. The molecule has 0 aliphatic carbocycles. The summed E-state index contributed by atoms with van der Waals surface area (Å²) in [5.41, 5.74) is 0. The first-order valence-corrected chi connectivity index (χ1v) is 32.8. The molecule has 17 atom stereocenters. The minimum absolute atomic E-state index is 0.238. The van der Waals surface area contributed by atoms with Gasteiger partial charge in [-0.1, -0.05) is 239 Å². The van der Waals surface area contributed by atoms with Crippen molar-refractivity contribution >= 4 is 5.91 Å². The molecule has 0 aromatic heterocycles. The Morgan fingerprint density at radius 3 is 1.07 bits per heavy atom. The van der Waals surface area contributed by atoms with Gasteiger partial charge >= 0.3 is 0 Å². The molecule has 3 rings (SSSR count). The first kappa shape index (κ1) is 74.0. The van der Waals surface area contributed by atoms with Gasteiger partial charge in [-0.15, -0.1) is 0 Å². The largest absolute Gasteiger partial charge is 0.394 e. The van der Waals surface area contributed by atoms with Crippen molar-refractivity contribution in [2.75, 3.05) is 26.4 Å². The molecule has 81 heavy (non-hydrogen) atoms. The Hall–Kier alpha value is -1.21. The monoisotopic (exact) mass is 1170 g/mol. The highest BCUT2D eigenvalue weighted by Crippen LogP contribution is 2.33. The third kappa shape index (κ3) is 29.4. The van der Waals surface area contributed by atoms with Crippen LogP contribution in [0.3, 0.4) is 0 Å².